The molecule has 23 heavy (non-hydrogen) atoms. The number of pyridine rings is 1. The van der Waals surface area contributed by atoms with Gasteiger partial charge in [-0.25, -0.2) is 9.78 Å². The second-order valence-electron chi connectivity index (χ2n) is 6.14. The summed E-state index contributed by atoms with van der Waals surface area (Å²) in [5.41, 5.74) is 3.11. The molecule has 1 aromatic rings. The van der Waals surface area contributed by atoms with Crippen molar-refractivity contribution in [1.29, 1.82) is 0 Å². The minimum atomic E-state index is -0.158. The molecule has 2 fully saturated rings. The van der Waals surface area contributed by atoms with Gasteiger partial charge in [0.25, 0.3) is 0 Å². The van der Waals surface area contributed by atoms with E-state index in [-0.39, 0.29) is 18.2 Å². The van der Waals surface area contributed by atoms with Crippen LogP contribution in [0, 0.1) is 18.8 Å². The molecule has 0 N–H and O–H groups in total. The highest BCUT2D eigenvalue weighted by molar-refractivity contribution is 5.69. The van der Waals surface area contributed by atoms with Crippen molar-refractivity contribution < 1.29 is 9.53 Å². The second kappa shape index (κ2) is 6.87. The van der Waals surface area contributed by atoms with Crippen LogP contribution >= 0.6 is 0 Å². The third-order valence-electron chi connectivity index (χ3n) is 4.46. The van der Waals surface area contributed by atoms with Gasteiger partial charge in [-0.2, -0.15) is 0 Å². The van der Waals surface area contributed by atoms with Crippen LogP contribution in [0.5, 0.6) is 0 Å². The van der Waals surface area contributed by atoms with Crippen molar-refractivity contribution >= 4 is 6.09 Å². The van der Waals surface area contributed by atoms with E-state index in [2.05, 4.69) is 16.8 Å². The highest BCUT2D eigenvalue weighted by Gasteiger charge is 2.41. The Morgan fingerprint density at radius 1 is 1.39 bits per heavy atom. The van der Waals surface area contributed by atoms with Gasteiger partial charge in [-0.3, -0.25) is 0 Å². The normalized spacial score (nSPS) is 22.3. The number of allylic oxidation sites excluding steroid dienone is 1. The van der Waals surface area contributed by atoms with Gasteiger partial charge in [0.2, 0.25) is 0 Å². The minimum absolute atomic E-state index is 0.158. The topological polar surface area (TPSA) is 42.4 Å². The molecule has 3 rings (SSSR count). The van der Waals surface area contributed by atoms with Gasteiger partial charge in [0.15, 0.2) is 0 Å². The van der Waals surface area contributed by atoms with E-state index in [0.717, 1.165) is 37.1 Å². The highest BCUT2D eigenvalue weighted by atomic mass is 16.6. The number of ether oxygens (including phenoxy) is 1. The molecular weight excluding hydrogens is 288 g/mol. The fourth-order valence-electron chi connectivity index (χ4n) is 3.49. The predicted molar refractivity (Wildman–Crippen MR) is 88.8 cm³/mol. The van der Waals surface area contributed by atoms with Crippen molar-refractivity contribution in [3.8, 4) is 11.8 Å². The molecule has 2 aliphatic rings. The van der Waals surface area contributed by atoms with Gasteiger partial charge in [-0.15, -0.1) is 0 Å². The first-order valence-corrected chi connectivity index (χ1v) is 8.25. The van der Waals surface area contributed by atoms with Gasteiger partial charge in [-0.1, -0.05) is 17.6 Å². The number of aryl methyl sites for hydroxylation is 1. The quantitative estimate of drug-likeness (QED) is 0.746. The van der Waals surface area contributed by atoms with E-state index < -0.39 is 0 Å². The summed E-state index contributed by atoms with van der Waals surface area (Å²) in [6.07, 6.45) is 5.80. The Morgan fingerprint density at radius 3 is 2.78 bits per heavy atom. The molecule has 4 heteroatoms. The number of rotatable bonds is 1. The minimum Gasteiger partial charge on any atom is -0.450 e. The molecule has 4 nitrogen and oxygen atoms in total. The average Bonchev–Trinajstić information content (AvgIpc) is 2.79. The van der Waals surface area contributed by atoms with Crippen molar-refractivity contribution in [2.24, 2.45) is 0 Å². The van der Waals surface area contributed by atoms with Gasteiger partial charge >= 0.3 is 6.09 Å². The van der Waals surface area contributed by atoms with Crippen molar-refractivity contribution in [3.05, 3.63) is 41.2 Å². The molecule has 2 atom stereocenters. The van der Waals surface area contributed by atoms with Gasteiger partial charge in [0, 0.05) is 17.8 Å². The summed E-state index contributed by atoms with van der Waals surface area (Å²) in [4.78, 5) is 18.4. The Balaban J connectivity index is 1.68. The molecule has 0 saturated carbocycles. The summed E-state index contributed by atoms with van der Waals surface area (Å²) in [5.74, 6) is 6.22. The van der Waals surface area contributed by atoms with E-state index in [4.69, 9.17) is 4.74 Å². The number of carbonyl (C=O) groups excluding carboxylic acids is 1. The lowest BCUT2D eigenvalue weighted by Crippen LogP contribution is -2.44. The van der Waals surface area contributed by atoms with Crippen LogP contribution in [0.25, 0.3) is 0 Å². The van der Waals surface area contributed by atoms with E-state index >= 15 is 0 Å². The molecule has 1 aromatic heterocycles. The zero-order valence-electron chi connectivity index (χ0n) is 13.7. The Labute approximate surface area is 137 Å². The van der Waals surface area contributed by atoms with Crippen molar-refractivity contribution in [1.82, 2.24) is 9.88 Å². The van der Waals surface area contributed by atoms with Crippen molar-refractivity contribution in [2.45, 2.75) is 51.6 Å². The van der Waals surface area contributed by atoms with Gasteiger partial charge in [-0.05, 0) is 63.7 Å². The lowest BCUT2D eigenvalue weighted by Gasteiger charge is -2.35. The fourth-order valence-corrected chi connectivity index (χ4v) is 3.49. The number of nitrogens with zero attached hydrogens (tertiary/aromatic N) is 2. The van der Waals surface area contributed by atoms with Gasteiger partial charge in [0.05, 0.1) is 6.61 Å². The van der Waals surface area contributed by atoms with Crippen LogP contribution in [-0.4, -0.2) is 34.7 Å². The Hall–Kier alpha value is -2.28. The van der Waals surface area contributed by atoms with E-state index in [1.165, 1.54) is 5.57 Å². The van der Waals surface area contributed by atoms with Crippen LogP contribution < -0.4 is 0 Å². The molecule has 2 bridgehead atoms. The fraction of sp³-hybridized carbons (Fsp3) is 0.474. The second-order valence-corrected chi connectivity index (χ2v) is 6.14. The maximum absolute atomic E-state index is 12.0. The van der Waals surface area contributed by atoms with Crippen LogP contribution in [0.3, 0.4) is 0 Å². The third-order valence-corrected chi connectivity index (χ3v) is 4.46. The zero-order chi connectivity index (χ0) is 16.2. The zero-order valence-corrected chi connectivity index (χ0v) is 13.7. The maximum atomic E-state index is 12.0. The predicted octanol–water partition coefficient (Wildman–Crippen LogP) is 3.45. The van der Waals surface area contributed by atoms with Crippen LogP contribution in [0.2, 0.25) is 0 Å². The molecule has 2 aliphatic heterocycles. The van der Waals surface area contributed by atoms with Crippen LogP contribution in [-0.2, 0) is 4.74 Å². The molecule has 2 saturated heterocycles. The first-order valence-electron chi connectivity index (χ1n) is 8.25. The summed E-state index contributed by atoms with van der Waals surface area (Å²) in [6.45, 7) is 4.25. The largest absolute Gasteiger partial charge is 0.450 e. The molecule has 0 aliphatic carbocycles. The summed E-state index contributed by atoms with van der Waals surface area (Å²) in [5, 5.41) is 0. The molecule has 3 heterocycles. The Kier molecular flexibility index (Phi) is 4.66. The lowest BCUT2D eigenvalue weighted by molar-refractivity contribution is 0.0813. The van der Waals surface area contributed by atoms with Crippen LogP contribution in [0.1, 0.15) is 44.0 Å². The van der Waals surface area contributed by atoms with E-state index in [1.807, 2.05) is 43.0 Å². The third kappa shape index (κ3) is 3.56. The molecule has 1 amide bonds. The number of aromatic nitrogens is 1. The number of piperidine rings is 1. The molecule has 0 aromatic carbocycles. The number of hydrogen-bond donors (Lipinski definition) is 0. The number of fused-ring (bicyclic) bond motifs is 2. The Morgan fingerprint density at radius 2 is 2.13 bits per heavy atom. The number of hydrogen-bond acceptors (Lipinski definition) is 3. The smallest absolute Gasteiger partial charge is 0.410 e. The lowest BCUT2D eigenvalue weighted by atomic mass is 9.97. The van der Waals surface area contributed by atoms with Crippen LogP contribution in [0.4, 0.5) is 4.79 Å². The van der Waals surface area contributed by atoms with Gasteiger partial charge in [0.1, 0.15) is 5.69 Å². The van der Waals surface area contributed by atoms with Crippen molar-refractivity contribution in [3.63, 3.8) is 0 Å². The average molecular weight is 310 g/mol. The van der Waals surface area contributed by atoms with E-state index in [0.29, 0.717) is 6.61 Å². The molecule has 0 radical (unpaired) electrons. The molecule has 120 valence electrons. The summed E-state index contributed by atoms with van der Waals surface area (Å²) < 4.78 is 5.18. The number of amides is 1. The monoisotopic (exact) mass is 310 g/mol. The van der Waals surface area contributed by atoms with Crippen LogP contribution in [0.15, 0.2) is 29.8 Å². The van der Waals surface area contributed by atoms with Crippen molar-refractivity contribution in [2.75, 3.05) is 6.61 Å². The Bertz CT molecular complexity index is 668. The van der Waals surface area contributed by atoms with E-state index in [1.54, 1.807) is 0 Å². The van der Waals surface area contributed by atoms with Gasteiger partial charge < -0.3 is 9.64 Å². The summed E-state index contributed by atoms with van der Waals surface area (Å²) in [7, 11) is 0. The first-order chi connectivity index (χ1) is 11.2. The molecular formula is C19H22N2O2. The first kappa shape index (κ1) is 15.6. The highest BCUT2D eigenvalue weighted by Crippen LogP contribution is 2.38. The maximum Gasteiger partial charge on any atom is 0.410 e. The molecule has 2 unspecified atom stereocenters. The van der Waals surface area contributed by atoms with E-state index in [9.17, 15) is 4.79 Å². The molecule has 0 spiro atoms. The SMILES string of the molecule is CCOC(=O)N1C2CCC1CC(=CC#Cc1cccc(C)n1)C2. The number of carbonyl (C=O) groups is 1. The summed E-state index contributed by atoms with van der Waals surface area (Å²) >= 11 is 0. The standard InChI is InChI=1S/C19H22N2O2/c1-3-23-19(22)21-17-10-11-18(21)13-15(12-17)7-5-9-16-8-4-6-14(2)20-16/h4,6-8,17-18H,3,10-13H2,1-2H3. The summed E-state index contributed by atoms with van der Waals surface area (Å²) in [6, 6.07) is 6.41.